The Morgan fingerprint density at radius 1 is 1.30 bits per heavy atom. The second-order valence-electron chi connectivity index (χ2n) is 9.11. The number of likely N-dealkylation sites (tertiary alicyclic amines) is 1. The van der Waals surface area contributed by atoms with Gasteiger partial charge in [-0.2, -0.15) is 0 Å². The van der Waals surface area contributed by atoms with Crippen LogP contribution in [0.3, 0.4) is 0 Å². The van der Waals surface area contributed by atoms with Crippen LogP contribution in [-0.2, 0) is 31.0 Å². The molecule has 0 bridgehead atoms. The van der Waals surface area contributed by atoms with Crippen LogP contribution in [0.4, 0.5) is 0 Å². The lowest BCUT2D eigenvalue weighted by molar-refractivity contribution is -0.150. The molecule has 30 heavy (non-hydrogen) atoms. The first-order valence-electron chi connectivity index (χ1n) is 11.0. The molecule has 3 saturated heterocycles. The zero-order valence-corrected chi connectivity index (χ0v) is 18.4. The Kier molecular flexibility index (Phi) is 5.37. The molecule has 164 valence electrons. The van der Waals surface area contributed by atoms with Crippen LogP contribution in [-0.4, -0.2) is 69.4 Å². The molecule has 1 unspecified atom stereocenters. The van der Waals surface area contributed by atoms with Crippen molar-refractivity contribution < 1.29 is 23.8 Å². The van der Waals surface area contributed by atoms with Crippen molar-refractivity contribution in [3.63, 3.8) is 0 Å². The third kappa shape index (κ3) is 3.47. The second kappa shape index (κ2) is 7.89. The Hall–Kier alpha value is -1.48. The Labute approximate surface area is 181 Å². The van der Waals surface area contributed by atoms with Crippen LogP contribution in [0.25, 0.3) is 0 Å². The molecule has 0 amide bonds. The van der Waals surface area contributed by atoms with Crippen LogP contribution < -0.4 is 5.32 Å². The van der Waals surface area contributed by atoms with Gasteiger partial charge in [-0.15, -0.1) is 11.3 Å². The molecule has 4 aliphatic rings. The van der Waals surface area contributed by atoms with E-state index in [0.29, 0.717) is 11.5 Å². The first-order chi connectivity index (χ1) is 14.5. The predicted molar refractivity (Wildman–Crippen MR) is 112 cm³/mol. The smallest absolute Gasteiger partial charge is 0.348 e. The number of hydrogen-bond donors (Lipinski definition) is 1. The molecule has 0 radical (unpaired) electrons. The lowest BCUT2D eigenvalue weighted by atomic mass is 9.76. The van der Waals surface area contributed by atoms with Gasteiger partial charge in [-0.05, 0) is 56.8 Å². The third-order valence-corrected chi connectivity index (χ3v) is 8.71. The average Bonchev–Trinajstić information content (AvgIpc) is 3.33. The molecule has 8 heteroatoms. The van der Waals surface area contributed by atoms with E-state index in [0.717, 1.165) is 71.2 Å². The summed E-state index contributed by atoms with van der Waals surface area (Å²) in [5.41, 5.74) is 0.691. The Morgan fingerprint density at radius 3 is 2.80 bits per heavy atom. The predicted octanol–water partition coefficient (Wildman–Crippen LogP) is 2.08. The molecule has 4 aliphatic heterocycles. The molecule has 1 aromatic heterocycles. The Morgan fingerprint density at radius 2 is 2.07 bits per heavy atom. The van der Waals surface area contributed by atoms with Gasteiger partial charge in [0.2, 0.25) is 0 Å². The van der Waals surface area contributed by atoms with Crippen LogP contribution in [0.1, 0.15) is 52.2 Å². The molecule has 3 fully saturated rings. The Balaban J connectivity index is 1.23. The van der Waals surface area contributed by atoms with Crippen molar-refractivity contribution in [3.05, 3.63) is 21.4 Å². The maximum atomic E-state index is 12.5. The zero-order valence-electron chi connectivity index (χ0n) is 17.5. The molecule has 0 aliphatic carbocycles. The van der Waals surface area contributed by atoms with Crippen molar-refractivity contribution in [2.45, 2.75) is 50.2 Å². The number of methoxy groups -OCH3 is 1. The van der Waals surface area contributed by atoms with E-state index in [4.69, 9.17) is 14.2 Å². The van der Waals surface area contributed by atoms with Crippen molar-refractivity contribution in [2.75, 3.05) is 46.4 Å². The number of hydrogen-bond acceptors (Lipinski definition) is 8. The van der Waals surface area contributed by atoms with Crippen LogP contribution >= 0.6 is 11.3 Å². The lowest BCUT2D eigenvalue weighted by Crippen LogP contribution is -2.47. The minimum absolute atomic E-state index is 0.000139. The van der Waals surface area contributed by atoms with Gasteiger partial charge < -0.3 is 19.5 Å². The summed E-state index contributed by atoms with van der Waals surface area (Å²) in [5, 5.41) is 3.35. The molecule has 0 aromatic carbocycles. The number of carbonyl (C=O) groups excluding carboxylic acids is 2. The fraction of sp³-hybridized carbons (Fsp3) is 0.727. The van der Waals surface area contributed by atoms with E-state index in [9.17, 15) is 9.59 Å². The first-order valence-corrected chi connectivity index (χ1v) is 11.8. The maximum Gasteiger partial charge on any atom is 0.348 e. The first kappa shape index (κ1) is 20.4. The monoisotopic (exact) mass is 434 g/mol. The van der Waals surface area contributed by atoms with E-state index in [2.05, 4.69) is 10.2 Å². The van der Waals surface area contributed by atoms with Gasteiger partial charge in [0.25, 0.3) is 0 Å². The number of thiophene rings is 1. The standard InChI is InChI=1S/C22H30N2O5S/c1-27-19(25)17-12-15-2-11-28-22(18(15)30-17)5-9-24(10-6-22)14-16-13-21(20(26)29-16)3-7-23-8-4-21/h12,16,23H,2-11,13-14H2,1H3. The summed E-state index contributed by atoms with van der Waals surface area (Å²) in [6.45, 7) is 5.13. The van der Waals surface area contributed by atoms with Crippen LogP contribution in [0.2, 0.25) is 0 Å². The molecule has 0 saturated carbocycles. The van der Waals surface area contributed by atoms with E-state index in [-0.39, 0.29) is 29.1 Å². The highest BCUT2D eigenvalue weighted by molar-refractivity contribution is 7.14. The summed E-state index contributed by atoms with van der Waals surface area (Å²) in [6, 6.07) is 1.99. The number of nitrogens with zero attached hydrogens (tertiary/aromatic N) is 1. The number of esters is 2. The molecule has 2 spiro atoms. The average molecular weight is 435 g/mol. The number of carbonyl (C=O) groups is 2. The topological polar surface area (TPSA) is 77.1 Å². The summed E-state index contributed by atoms with van der Waals surface area (Å²) in [4.78, 5) is 28.8. The largest absolute Gasteiger partial charge is 0.465 e. The van der Waals surface area contributed by atoms with Gasteiger partial charge in [-0.3, -0.25) is 9.69 Å². The number of ether oxygens (including phenoxy) is 3. The number of cyclic esters (lactones) is 1. The summed E-state index contributed by atoms with van der Waals surface area (Å²) in [5.74, 6) is -0.256. The van der Waals surface area contributed by atoms with Crippen molar-refractivity contribution in [3.8, 4) is 0 Å². The minimum atomic E-state index is -0.288. The highest BCUT2D eigenvalue weighted by atomic mass is 32.1. The number of rotatable bonds is 3. The lowest BCUT2D eigenvalue weighted by Gasteiger charge is -2.44. The van der Waals surface area contributed by atoms with E-state index in [1.54, 1.807) is 0 Å². The van der Waals surface area contributed by atoms with E-state index in [1.165, 1.54) is 28.9 Å². The van der Waals surface area contributed by atoms with Crippen LogP contribution in [0.5, 0.6) is 0 Å². The molecule has 1 aromatic rings. The molecular formula is C22H30N2O5S. The van der Waals surface area contributed by atoms with Crippen LogP contribution in [0.15, 0.2) is 6.07 Å². The normalized spacial score (nSPS) is 27.8. The summed E-state index contributed by atoms with van der Waals surface area (Å²) < 4.78 is 17.0. The van der Waals surface area contributed by atoms with E-state index < -0.39 is 0 Å². The molecule has 5 rings (SSSR count). The summed E-state index contributed by atoms with van der Waals surface area (Å²) in [7, 11) is 1.43. The summed E-state index contributed by atoms with van der Waals surface area (Å²) >= 11 is 1.53. The summed E-state index contributed by atoms with van der Waals surface area (Å²) in [6.07, 6.45) is 5.28. The highest BCUT2D eigenvalue weighted by Gasteiger charge is 2.50. The van der Waals surface area contributed by atoms with Crippen molar-refractivity contribution >= 4 is 23.3 Å². The Bertz CT molecular complexity index is 823. The van der Waals surface area contributed by atoms with Gasteiger partial charge in [-0.25, -0.2) is 4.79 Å². The molecule has 5 heterocycles. The molecular weight excluding hydrogens is 404 g/mol. The fourth-order valence-electron chi connectivity index (χ4n) is 5.63. The van der Waals surface area contributed by atoms with Crippen LogP contribution in [0, 0.1) is 5.41 Å². The van der Waals surface area contributed by atoms with E-state index in [1.807, 2.05) is 6.07 Å². The third-order valence-electron chi connectivity index (χ3n) is 7.37. The minimum Gasteiger partial charge on any atom is -0.465 e. The van der Waals surface area contributed by atoms with E-state index >= 15 is 0 Å². The van der Waals surface area contributed by atoms with Crippen molar-refractivity contribution in [2.24, 2.45) is 5.41 Å². The van der Waals surface area contributed by atoms with Crippen molar-refractivity contribution in [1.82, 2.24) is 10.2 Å². The van der Waals surface area contributed by atoms with Gasteiger partial charge in [0.05, 0.1) is 19.1 Å². The van der Waals surface area contributed by atoms with Gasteiger partial charge in [-0.1, -0.05) is 0 Å². The quantitative estimate of drug-likeness (QED) is 0.730. The number of piperidine rings is 2. The zero-order chi connectivity index (χ0) is 20.8. The van der Waals surface area contributed by atoms with Crippen molar-refractivity contribution in [1.29, 1.82) is 0 Å². The van der Waals surface area contributed by atoms with Gasteiger partial charge in [0, 0.05) is 30.9 Å². The molecule has 1 atom stereocenters. The molecule has 7 nitrogen and oxygen atoms in total. The number of fused-ring (bicyclic) bond motifs is 2. The highest BCUT2D eigenvalue weighted by Crippen LogP contribution is 2.46. The molecule has 1 N–H and O–H groups in total. The fourth-order valence-corrected chi connectivity index (χ4v) is 6.96. The van der Waals surface area contributed by atoms with Gasteiger partial charge in [0.1, 0.15) is 16.6 Å². The second-order valence-corrected chi connectivity index (χ2v) is 10.2. The SMILES string of the molecule is COC(=O)c1cc2c(s1)C1(CCN(CC3CC4(CCNCC4)C(=O)O3)CC1)OCC2. The van der Waals surface area contributed by atoms with Gasteiger partial charge >= 0.3 is 11.9 Å². The van der Waals surface area contributed by atoms with Gasteiger partial charge in [0.15, 0.2) is 0 Å². The maximum absolute atomic E-state index is 12.5. The number of nitrogens with one attached hydrogen (secondary N) is 1.